The fraction of sp³-hybridized carbons (Fsp3) is 0.650. The molecule has 1 aromatic carbocycles. The van der Waals surface area contributed by atoms with Crippen LogP contribution < -0.4 is 10.9 Å². The molecular weight excluding hydrogens is 371 g/mol. The zero-order valence-electron chi connectivity index (χ0n) is 16.1. The first-order valence-corrected chi connectivity index (χ1v) is 9.86. The van der Waals surface area contributed by atoms with E-state index in [2.05, 4.69) is 15.8 Å². The Kier molecular flexibility index (Phi) is 6.62. The Balaban J connectivity index is 1.72. The highest BCUT2D eigenvalue weighted by Gasteiger charge is 2.43. The van der Waals surface area contributed by atoms with Crippen LogP contribution in [0.1, 0.15) is 37.3 Å². The lowest BCUT2D eigenvalue weighted by molar-refractivity contribution is -0.158. The van der Waals surface area contributed by atoms with Gasteiger partial charge in [-0.2, -0.15) is 13.2 Å². The van der Waals surface area contributed by atoms with Gasteiger partial charge in [0.05, 0.1) is 17.6 Å². The fourth-order valence-electron chi connectivity index (χ4n) is 4.13. The minimum absolute atomic E-state index is 0.268. The lowest BCUT2D eigenvalue weighted by Gasteiger charge is -2.40. The van der Waals surface area contributed by atoms with Crippen molar-refractivity contribution in [2.24, 2.45) is 5.41 Å². The Morgan fingerprint density at radius 3 is 2.68 bits per heavy atom. The zero-order valence-corrected chi connectivity index (χ0v) is 16.1. The third-order valence-corrected chi connectivity index (χ3v) is 5.72. The molecule has 0 radical (unpaired) electrons. The lowest BCUT2D eigenvalue weighted by Crippen LogP contribution is -2.49. The number of esters is 1. The molecule has 2 heterocycles. The molecule has 1 aromatic rings. The van der Waals surface area contributed by atoms with Crippen LogP contribution in [0.25, 0.3) is 0 Å². The molecule has 0 aliphatic carbocycles. The van der Waals surface area contributed by atoms with Gasteiger partial charge in [0.15, 0.2) is 0 Å². The van der Waals surface area contributed by atoms with Crippen molar-refractivity contribution in [1.29, 1.82) is 0 Å². The standard InChI is InChI=1S/C20H28F3N3O2/c1-2-28-18(27)19(13-15-4-3-5-16(12-15)20(21,22)23)7-10-26(11-8-19)14-17-6-9-24-25-17/h3-5,12,17,24-25H,2,6-11,13-14H2,1H3. The molecule has 0 bridgehead atoms. The maximum Gasteiger partial charge on any atom is 0.416 e. The molecular formula is C20H28F3N3O2. The SMILES string of the molecule is CCOC(=O)C1(Cc2cccc(C(F)(F)F)c2)CCN(CC2CCNN2)CC1. The Morgan fingerprint density at radius 2 is 2.07 bits per heavy atom. The van der Waals surface area contributed by atoms with E-state index in [-0.39, 0.29) is 19.0 Å². The van der Waals surface area contributed by atoms with Crippen LogP contribution in [0.2, 0.25) is 0 Å². The van der Waals surface area contributed by atoms with Gasteiger partial charge in [-0.3, -0.25) is 15.6 Å². The minimum Gasteiger partial charge on any atom is -0.466 e. The molecule has 0 saturated carbocycles. The van der Waals surface area contributed by atoms with Crippen LogP contribution >= 0.6 is 0 Å². The summed E-state index contributed by atoms with van der Waals surface area (Å²) in [5, 5.41) is 0. The number of carbonyl (C=O) groups is 1. The van der Waals surface area contributed by atoms with Crippen LogP contribution in [0.15, 0.2) is 24.3 Å². The van der Waals surface area contributed by atoms with Crippen molar-refractivity contribution < 1.29 is 22.7 Å². The zero-order chi connectivity index (χ0) is 20.2. The molecule has 2 aliphatic rings. The third kappa shape index (κ3) is 5.04. The number of hydrogen-bond acceptors (Lipinski definition) is 5. The van der Waals surface area contributed by atoms with E-state index in [9.17, 15) is 18.0 Å². The number of carbonyl (C=O) groups excluding carboxylic acids is 1. The highest BCUT2D eigenvalue weighted by atomic mass is 19.4. The van der Waals surface area contributed by atoms with Crippen molar-refractivity contribution in [3.05, 3.63) is 35.4 Å². The molecule has 0 spiro atoms. The predicted molar refractivity (Wildman–Crippen MR) is 99.4 cm³/mol. The maximum atomic E-state index is 13.1. The molecule has 0 amide bonds. The van der Waals surface area contributed by atoms with E-state index in [4.69, 9.17) is 4.74 Å². The van der Waals surface area contributed by atoms with Crippen LogP contribution in [-0.4, -0.2) is 49.7 Å². The molecule has 2 saturated heterocycles. The topological polar surface area (TPSA) is 53.6 Å². The molecule has 3 rings (SSSR count). The van der Waals surface area contributed by atoms with Crippen molar-refractivity contribution in [3.63, 3.8) is 0 Å². The van der Waals surface area contributed by atoms with Crippen LogP contribution in [0.4, 0.5) is 13.2 Å². The fourth-order valence-corrected chi connectivity index (χ4v) is 4.13. The lowest BCUT2D eigenvalue weighted by atomic mass is 9.73. The van der Waals surface area contributed by atoms with Gasteiger partial charge < -0.3 is 9.64 Å². The average molecular weight is 399 g/mol. The van der Waals surface area contributed by atoms with Gasteiger partial charge in [-0.25, -0.2) is 0 Å². The molecule has 1 atom stereocenters. The largest absolute Gasteiger partial charge is 0.466 e. The molecule has 5 nitrogen and oxygen atoms in total. The number of rotatable bonds is 6. The average Bonchev–Trinajstić information content (AvgIpc) is 3.16. The number of hydrazine groups is 1. The molecule has 0 aromatic heterocycles. The summed E-state index contributed by atoms with van der Waals surface area (Å²) in [6, 6.07) is 5.67. The number of halogens is 3. The second-order valence-corrected chi connectivity index (χ2v) is 7.73. The van der Waals surface area contributed by atoms with Crippen molar-refractivity contribution in [1.82, 2.24) is 15.8 Å². The van der Waals surface area contributed by atoms with E-state index in [1.54, 1.807) is 13.0 Å². The normalized spacial score (nSPS) is 22.9. The second kappa shape index (κ2) is 8.80. The van der Waals surface area contributed by atoms with Gasteiger partial charge in [0, 0.05) is 19.1 Å². The number of nitrogens with zero attached hydrogens (tertiary/aromatic N) is 1. The number of piperidine rings is 1. The molecule has 8 heteroatoms. The Morgan fingerprint density at radius 1 is 1.32 bits per heavy atom. The Bertz CT molecular complexity index is 667. The predicted octanol–water partition coefficient (Wildman–Crippen LogP) is 2.76. The molecule has 2 N–H and O–H groups in total. The number of likely N-dealkylation sites (tertiary alicyclic amines) is 1. The monoisotopic (exact) mass is 399 g/mol. The van der Waals surface area contributed by atoms with Crippen LogP contribution in [0, 0.1) is 5.41 Å². The number of alkyl halides is 3. The number of hydrogen-bond donors (Lipinski definition) is 2. The quantitative estimate of drug-likeness (QED) is 0.721. The summed E-state index contributed by atoms with van der Waals surface area (Å²) in [7, 11) is 0. The highest BCUT2D eigenvalue weighted by molar-refractivity contribution is 5.77. The molecule has 156 valence electrons. The van der Waals surface area contributed by atoms with Crippen LogP contribution in [-0.2, 0) is 22.1 Å². The molecule has 28 heavy (non-hydrogen) atoms. The van der Waals surface area contributed by atoms with Crippen molar-refractivity contribution >= 4 is 5.97 Å². The summed E-state index contributed by atoms with van der Waals surface area (Å²) in [4.78, 5) is 15.1. The van der Waals surface area contributed by atoms with E-state index in [1.165, 1.54) is 6.07 Å². The van der Waals surface area contributed by atoms with Gasteiger partial charge in [-0.1, -0.05) is 18.2 Å². The maximum absolute atomic E-state index is 13.1. The Hall–Kier alpha value is -1.64. The van der Waals surface area contributed by atoms with Crippen molar-refractivity contribution in [2.75, 3.05) is 32.8 Å². The smallest absolute Gasteiger partial charge is 0.416 e. The summed E-state index contributed by atoms with van der Waals surface area (Å²) >= 11 is 0. The summed E-state index contributed by atoms with van der Waals surface area (Å²) in [6.45, 7) is 5.33. The first-order chi connectivity index (χ1) is 13.3. The second-order valence-electron chi connectivity index (χ2n) is 7.73. The van der Waals surface area contributed by atoms with E-state index < -0.39 is 17.2 Å². The van der Waals surface area contributed by atoms with Gasteiger partial charge in [0.1, 0.15) is 0 Å². The summed E-state index contributed by atoms with van der Waals surface area (Å²) in [5.41, 5.74) is 5.44. The summed E-state index contributed by atoms with van der Waals surface area (Å²) in [5.74, 6) is -0.298. The van der Waals surface area contributed by atoms with Gasteiger partial charge in [-0.15, -0.1) is 0 Å². The molecule has 2 aliphatic heterocycles. The summed E-state index contributed by atoms with van der Waals surface area (Å²) in [6.07, 6.45) is -1.89. The molecule has 1 unspecified atom stereocenters. The molecule has 2 fully saturated rings. The van der Waals surface area contributed by atoms with Crippen molar-refractivity contribution in [2.45, 2.75) is 44.8 Å². The number of nitrogens with one attached hydrogen (secondary N) is 2. The van der Waals surface area contributed by atoms with Crippen LogP contribution in [0.3, 0.4) is 0 Å². The van der Waals surface area contributed by atoms with Gasteiger partial charge in [-0.05, 0) is 57.3 Å². The number of benzene rings is 1. The minimum atomic E-state index is -4.39. The number of ether oxygens (including phenoxy) is 1. The van der Waals surface area contributed by atoms with Crippen molar-refractivity contribution in [3.8, 4) is 0 Å². The van der Waals surface area contributed by atoms with Gasteiger partial charge >= 0.3 is 12.1 Å². The highest BCUT2D eigenvalue weighted by Crippen LogP contribution is 2.38. The van der Waals surface area contributed by atoms with Gasteiger partial charge in [0.2, 0.25) is 0 Å². The van der Waals surface area contributed by atoms with E-state index in [0.29, 0.717) is 24.4 Å². The van der Waals surface area contributed by atoms with Gasteiger partial charge in [0.25, 0.3) is 0 Å². The Labute approximate surface area is 163 Å². The van der Waals surface area contributed by atoms with E-state index in [1.807, 2.05) is 0 Å². The summed E-state index contributed by atoms with van der Waals surface area (Å²) < 4.78 is 44.5. The third-order valence-electron chi connectivity index (χ3n) is 5.72. The first-order valence-electron chi connectivity index (χ1n) is 9.86. The van der Waals surface area contributed by atoms with E-state index in [0.717, 1.165) is 44.7 Å². The van der Waals surface area contributed by atoms with E-state index >= 15 is 0 Å². The first kappa shape index (κ1) is 21.1. The van der Waals surface area contributed by atoms with Crippen LogP contribution in [0.5, 0.6) is 0 Å².